The number of imide groups is 2. The third kappa shape index (κ3) is 7.32. The van der Waals surface area contributed by atoms with Gasteiger partial charge in [0.25, 0.3) is 21.9 Å². The van der Waals surface area contributed by atoms with Crippen molar-refractivity contribution in [2.24, 2.45) is 0 Å². The summed E-state index contributed by atoms with van der Waals surface area (Å²) in [5, 5.41) is 3.28. The van der Waals surface area contributed by atoms with Crippen LogP contribution < -0.4 is 51.4 Å². The van der Waals surface area contributed by atoms with E-state index in [1.165, 1.54) is 48.5 Å². The van der Waals surface area contributed by atoms with Crippen molar-refractivity contribution in [2.75, 3.05) is 13.1 Å². The van der Waals surface area contributed by atoms with E-state index in [1.807, 2.05) is 0 Å². The van der Waals surface area contributed by atoms with Gasteiger partial charge >= 0.3 is 51.4 Å². The molecule has 0 bridgehead atoms. The number of hydrogen-bond donors (Lipinski definition) is 0. The van der Waals surface area contributed by atoms with E-state index in [4.69, 9.17) is 13.7 Å². The topological polar surface area (TPSA) is 129 Å². The van der Waals surface area contributed by atoms with E-state index in [1.54, 1.807) is 31.2 Å². The predicted molar refractivity (Wildman–Crippen MR) is 136 cm³/mol. The quantitative estimate of drug-likeness (QED) is 0.263. The summed E-state index contributed by atoms with van der Waals surface area (Å²) >= 11 is 0. The van der Waals surface area contributed by atoms with Crippen LogP contribution in [-0.4, -0.2) is 50.0 Å². The Labute approximate surface area is 278 Å². The zero-order valence-corrected chi connectivity index (χ0v) is 24.0. The molecule has 0 radical (unpaired) electrons. The average molecular weight is 571 g/mol. The van der Waals surface area contributed by atoms with Crippen LogP contribution in [-0.2, 0) is 14.3 Å². The molecule has 0 fully saturated rings. The summed E-state index contributed by atoms with van der Waals surface area (Å²) < 4.78 is 98.7. The number of aryl methyl sites for hydroxylation is 1. The first-order valence-corrected chi connectivity index (χ1v) is 11.7. The number of benzene rings is 3. The van der Waals surface area contributed by atoms with Gasteiger partial charge in [0.05, 0.1) is 37.1 Å². The van der Waals surface area contributed by atoms with Gasteiger partial charge in [-0.3, -0.25) is 18.7 Å². The molecule has 0 unspecified atom stereocenters. The molecule has 9 nitrogen and oxygen atoms in total. The van der Waals surface area contributed by atoms with Crippen molar-refractivity contribution in [2.45, 2.75) is 25.5 Å². The molecule has 5 rings (SSSR count). The Hall–Kier alpha value is -2.51. The van der Waals surface area contributed by atoms with Crippen LogP contribution in [0.3, 0.4) is 0 Å². The summed E-state index contributed by atoms with van der Waals surface area (Å²) in [6, 6.07) is 17.9. The Morgan fingerprint density at radius 3 is 1.71 bits per heavy atom. The Morgan fingerprint density at radius 2 is 1.26 bits per heavy atom. The average Bonchev–Trinajstić information content (AvgIpc) is 3.39. The molecular formula is C27H25KN2O7S. The van der Waals surface area contributed by atoms with Crippen molar-refractivity contribution in [1.82, 2.24) is 4.90 Å². The van der Waals surface area contributed by atoms with Gasteiger partial charge < -0.3 is 14.9 Å². The largest absolute Gasteiger partial charge is 1.00 e. The van der Waals surface area contributed by atoms with E-state index in [0.717, 1.165) is 5.56 Å². The molecule has 3 aromatic carbocycles. The molecule has 2 heterocycles. The maximum absolute atomic E-state index is 11.9. The number of carbonyl (C=O) groups is 4. The molecule has 0 saturated carbocycles. The zero-order chi connectivity index (χ0) is 35.8. The van der Waals surface area contributed by atoms with Gasteiger partial charge in [0.2, 0.25) is 0 Å². The molecule has 11 heteroatoms. The van der Waals surface area contributed by atoms with E-state index in [9.17, 15) is 27.6 Å². The van der Waals surface area contributed by atoms with E-state index >= 15 is 0 Å². The molecular weight excluding hydrogens is 535 g/mol. The second kappa shape index (κ2) is 14.0. The molecule has 0 aromatic heterocycles. The van der Waals surface area contributed by atoms with Crippen LogP contribution >= 0.6 is 0 Å². The van der Waals surface area contributed by atoms with Crippen molar-refractivity contribution >= 4 is 33.7 Å². The van der Waals surface area contributed by atoms with Gasteiger partial charge in [-0.15, -0.1) is 0 Å². The number of nitrogens with zero attached hydrogens (tertiary/aromatic N) is 2. The summed E-state index contributed by atoms with van der Waals surface area (Å²) in [6.45, 7) is -10.8. The van der Waals surface area contributed by atoms with Crippen molar-refractivity contribution < 1.29 is 96.9 Å². The van der Waals surface area contributed by atoms with Crippen LogP contribution in [0.25, 0.3) is 5.32 Å². The maximum Gasteiger partial charge on any atom is 1.00 e. The molecule has 192 valence electrons. The van der Waals surface area contributed by atoms with Crippen LogP contribution in [0, 0.1) is 6.92 Å². The van der Waals surface area contributed by atoms with Crippen molar-refractivity contribution in [3.05, 3.63) is 106 Å². The van der Waals surface area contributed by atoms with Gasteiger partial charge in [-0.1, -0.05) is 54.1 Å². The van der Waals surface area contributed by atoms with E-state index in [0.29, 0.717) is 11.1 Å². The molecule has 38 heavy (non-hydrogen) atoms. The van der Waals surface area contributed by atoms with Crippen LogP contribution in [0.2, 0.25) is 0 Å². The third-order valence-electron chi connectivity index (χ3n) is 4.96. The van der Waals surface area contributed by atoms with Crippen LogP contribution in [0.5, 0.6) is 0 Å². The summed E-state index contributed by atoms with van der Waals surface area (Å²) in [5.41, 5.74) is 1.69. The molecule has 0 saturated heterocycles. The first-order chi connectivity index (χ1) is 21.4. The zero-order valence-electron chi connectivity index (χ0n) is 30.1. The Bertz CT molecular complexity index is 1760. The van der Waals surface area contributed by atoms with Gasteiger partial charge in [-0.25, -0.2) is 0 Å². The van der Waals surface area contributed by atoms with Crippen LogP contribution in [0.4, 0.5) is 0 Å². The van der Waals surface area contributed by atoms with Gasteiger partial charge in [-0.2, -0.15) is 8.42 Å². The summed E-state index contributed by atoms with van der Waals surface area (Å²) in [7, 11) is -4.45. The second-order valence-corrected chi connectivity index (χ2v) is 8.87. The van der Waals surface area contributed by atoms with Crippen molar-refractivity contribution in [3.63, 3.8) is 0 Å². The summed E-state index contributed by atoms with van der Waals surface area (Å²) in [4.78, 5) is 45.5. The molecule has 4 amide bonds. The van der Waals surface area contributed by atoms with Crippen LogP contribution in [0.1, 0.15) is 74.4 Å². The van der Waals surface area contributed by atoms with E-state index in [2.05, 4.69) is 9.50 Å². The number of rotatable bonds is 4. The fourth-order valence-corrected chi connectivity index (χ4v) is 3.84. The van der Waals surface area contributed by atoms with E-state index in [-0.39, 0.29) is 72.3 Å². The fraction of sp³-hybridized carbons (Fsp3) is 0.185. The molecule has 2 aliphatic heterocycles. The molecule has 0 aliphatic carbocycles. The molecule has 0 N–H and O–H groups in total. The summed E-state index contributed by atoms with van der Waals surface area (Å²) in [5.74, 6) is -2.69. The third-order valence-corrected chi connectivity index (χ3v) is 6.11. The number of amides is 4. The first kappa shape index (κ1) is 19.5. The van der Waals surface area contributed by atoms with Crippen molar-refractivity contribution in [3.8, 4) is 0 Å². The van der Waals surface area contributed by atoms with Gasteiger partial charge in [-0.05, 0) is 44.9 Å². The number of carbonyl (C=O) groups excluding carboxylic acids is 4. The molecule has 0 spiro atoms. The summed E-state index contributed by atoms with van der Waals surface area (Å²) in [6.07, 6.45) is 0. The molecule has 0 atom stereocenters. The van der Waals surface area contributed by atoms with Crippen molar-refractivity contribution in [1.29, 1.82) is 0 Å². The maximum atomic E-state index is 11.9. The predicted octanol–water partition coefficient (Wildman–Crippen LogP) is 1.38. The fourth-order valence-electron chi connectivity index (χ4n) is 3.17. The standard InChI is InChI=1S/C10H9NO2.C9H12O3S.C8H5NO2.K/c1-2-11-9(12)7-5-3-4-6-8(7)10(11)13;1-3-12-13(10,11)9-6-4-8(2)5-7-9;10-7-5-3-1-2-4-6(5)8(11)9-7;/h3-6H,2H2,1H3;4-7H,3H2,1-2H3;1-4H,(H,9,10,11);/q;;;+1/p-1/i1D3,2D2;1D3,3D2;;. The smallest absolute Gasteiger partial charge is 0.587 e. The van der Waals surface area contributed by atoms with Crippen LogP contribution in [0.15, 0.2) is 77.7 Å². The second-order valence-electron chi connectivity index (χ2n) is 7.32. The normalized spacial score (nSPS) is 18.6. The minimum absolute atomic E-state index is 0. The first-order valence-electron chi connectivity index (χ1n) is 15.3. The minimum Gasteiger partial charge on any atom is -0.587 e. The minimum atomic E-state index is -4.45. The Balaban J connectivity index is 0.000000254. The molecule has 2 aliphatic rings. The van der Waals surface area contributed by atoms with Gasteiger partial charge in [0, 0.05) is 28.6 Å². The Kier molecular flexibility index (Phi) is 7.21. The van der Waals surface area contributed by atoms with Gasteiger partial charge in [0.15, 0.2) is 0 Å². The SMILES string of the molecule is O=C1[N-]C(=O)c2ccccc21.[2H]C([2H])([2H])C([2H])([2H])N1C(=O)c2ccccc2C1=O.[2H]C([2H])([2H])C([2H])([2H])OS(=O)(=O)c1ccc(C)cc1.[K+]. The number of fused-ring (bicyclic) bond motifs is 2. The monoisotopic (exact) mass is 570 g/mol. The number of hydrogen-bond acceptors (Lipinski definition) is 7. The Morgan fingerprint density at radius 1 is 0.789 bits per heavy atom. The molecule has 3 aromatic rings. The van der Waals surface area contributed by atoms with Gasteiger partial charge in [0.1, 0.15) is 0 Å². The van der Waals surface area contributed by atoms with E-state index < -0.39 is 60.5 Å².